The minimum atomic E-state index is -1.06. The first-order valence-corrected chi connectivity index (χ1v) is 14.5. The lowest BCUT2D eigenvalue weighted by Crippen LogP contribution is -2.28. The van der Waals surface area contributed by atoms with E-state index in [1.54, 1.807) is 42.3 Å². The highest BCUT2D eigenvalue weighted by molar-refractivity contribution is 7.18. The number of carbonyl (C=O) groups excluding carboxylic acids is 1. The normalized spacial score (nSPS) is 13.2. The number of Topliss-reactive ketones (excluding diaryl/α,β-unsaturated/α-hetero) is 1. The second-order valence-electron chi connectivity index (χ2n) is 10.1. The van der Waals surface area contributed by atoms with Crippen LogP contribution in [0, 0.1) is 25.2 Å². The van der Waals surface area contributed by atoms with Crippen molar-refractivity contribution in [1.29, 1.82) is 5.26 Å². The third-order valence-corrected chi connectivity index (χ3v) is 8.53. The summed E-state index contributed by atoms with van der Waals surface area (Å²) in [6, 6.07) is 9.12. The third-order valence-electron chi connectivity index (χ3n) is 7.30. The average Bonchev–Trinajstić information content (AvgIpc) is 3.60. The highest BCUT2D eigenvalue weighted by Crippen LogP contribution is 2.40. The van der Waals surface area contributed by atoms with E-state index in [1.807, 2.05) is 6.07 Å². The molecule has 0 atom stereocenters. The lowest BCUT2D eigenvalue weighted by molar-refractivity contribution is -0.116. The van der Waals surface area contributed by atoms with Crippen molar-refractivity contribution in [3.05, 3.63) is 73.9 Å². The summed E-state index contributed by atoms with van der Waals surface area (Å²) >= 11 is 7.64. The van der Waals surface area contributed by atoms with Crippen molar-refractivity contribution < 1.29 is 19.4 Å². The standard InChI is InChI=1S/C30H23ClN6O5S/c1-15-9-20(27-26(34-15)22(14-43-27)30(40)41)19-10-17(31)3-4-24(19)42-8-7-37-16(2)35-23-12-33-28(36-6-5-18(38)13-36)21(11-32)25(23)29(37)39/h3-4,9-10,12,14H,5-8,13H2,1-2H3,(H,40,41). The molecular formula is C30H23ClN6O5S. The number of halogens is 1. The van der Waals surface area contributed by atoms with Gasteiger partial charge in [-0.05, 0) is 38.1 Å². The zero-order chi connectivity index (χ0) is 30.4. The van der Waals surface area contributed by atoms with E-state index in [2.05, 4.69) is 21.0 Å². The Labute approximate surface area is 253 Å². The van der Waals surface area contributed by atoms with Crippen molar-refractivity contribution in [2.24, 2.45) is 0 Å². The number of thiophene rings is 1. The number of fused-ring (bicyclic) bond motifs is 2. The number of anilines is 1. The predicted octanol–water partition coefficient (Wildman–Crippen LogP) is 4.77. The van der Waals surface area contributed by atoms with Crippen molar-refractivity contribution >= 4 is 61.6 Å². The fourth-order valence-electron chi connectivity index (χ4n) is 5.30. The molecule has 0 saturated carbocycles. The number of carbonyl (C=O) groups is 2. The molecule has 4 aromatic heterocycles. The summed E-state index contributed by atoms with van der Waals surface area (Å²) < 4.78 is 8.33. The molecule has 0 radical (unpaired) electrons. The molecule has 1 aromatic carbocycles. The van der Waals surface area contributed by atoms with Gasteiger partial charge in [0.2, 0.25) is 0 Å². The molecule has 1 N–H and O–H groups in total. The van der Waals surface area contributed by atoms with Gasteiger partial charge in [0.15, 0.2) is 5.78 Å². The molecule has 5 aromatic rings. The Hall–Kier alpha value is -4.86. The second-order valence-corrected chi connectivity index (χ2v) is 11.4. The van der Waals surface area contributed by atoms with E-state index in [0.29, 0.717) is 62.4 Å². The number of hydrogen-bond acceptors (Lipinski definition) is 10. The molecule has 5 heterocycles. The number of carboxylic acid groups (broad SMARTS) is 1. The monoisotopic (exact) mass is 614 g/mol. The van der Waals surface area contributed by atoms with Crippen LogP contribution in [-0.4, -0.2) is 56.1 Å². The van der Waals surface area contributed by atoms with E-state index in [4.69, 9.17) is 16.3 Å². The van der Waals surface area contributed by atoms with Crippen LogP contribution < -0.4 is 15.2 Å². The van der Waals surface area contributed by atoms with Gasteiger partial charge in [0, 0.05) is 40.2 Å². The number of nitrogens with zero attached hydrogens (tertiary/aromatic N) is 6. The maximum Gasteiger partial charge on any atom is 0.338 e. The molecule has 1 aliphatic rings. The summed E-state index contributed by atoms with van der Waals surface area (Å²) in [4.78, 5) is 52.4. The van der Waals surface area contributed by atoms with Crippen LogP contribution in [0.15, 0.2) is 40.6 Å². The molecule has 11 nitrogen and oxygen atoms in total. The van der Waals surface area contributed by atoms with Crippen LogP contribution in [-0.2, 0) is 11.3 Å². The summed E-state index contributed by atoms with van der Waals surface area (Å²) in [6.07, 6.45) is 1.82. The van der Waals surface area contributed by atoms with Crippen LogP contribution in [0.25, 0.3) is 32.2 Å². The summed E-state index contributed by atoms with van der Waals surface area (Å²) in [5.74, 6) is 0.213. The first kappa shape index (κ1) is 28.3. The zero-order valence-electron chi connectivity index (χ0n) is 23.0. The fraction of sp³-hybridized carbons (Fsp3) is 0.233. The Bertz CT molecular complexity index is 2080. The highest BCUT2D eigenvalue weighted by Gasteiger charge is 2.26. The maximum atomic E-state index is 13.7. The summed E-state index contributed by atoms with van der Waals surface area (Å²) in [5, 5.41) is 21.8. The summed E-state index contributed by atoms with van der Waals surface area (Å²) in [7, 11) is 0. The van der Waals surface area contributed by atoms with Crippen molar-refractivity contribution in [3.63, 3.8) is 0 Å². The number of nitriles is 1. The lowest BCUT2D eigenvalue weighted by Gasteiger charge is -2.18. The number of pyridine rings is 2. The first-order chi connectivity index (χ1) is 20.7. The molecule has 1 fully saturated rings. The van der Waals surface area contributed by atoms with Crippen molar-refractivity contribution in [2.45, 2.75) is 26.8 Å². The first-order valence-electron chi connectivity index (χ1n) is 13.3. The number of hydrogen-bond donors (Lipinski definition) is 1. The Morgan fingerprint density at radius 2 is 2.02 bits per heavy atom. The largest absolute Gasteiger partial charge is 0.491 e. The Kier molecular flexibility index (Phi) is 7.29. The van der Waals surface area contributed by atoms with Crippen molar-refractivity contribution in [2.75, 3.05) is 24.6 Å². The SMILES string of the molecule is Cc1cc(-c2cc(Cl)ccc2OCCn2c(C)nc3cnc(N4CCC(=O)C4)c(C#N)c3c2=O)c2scc(C(=O)O)c2n1. The van der Waals surface area contributed by atoms with Gasteiger partial charge in [-0.15, -0.1) is 11.3 Å². The van der Waals surface area contributed by atoms with Crippen LogP contribution in [0.1, 0.15) is 33.9 Å². The van der Waals surface area contributed by atoms with Crippen molar-refractivity contribution in [3.8, 4) is 22.9 Å². The number of carboxylic acids is 1. The topological polar surface area (TPSA) is 151 Å². The van der Waals surface area contributed by atoms with Gasteiger partial charge >= 0.3 is 5.97 Å². The van der Waals surface area contributed by atoms with E-state index in [-0.39, 0.29) is 42.0 Å². The Morgan fingerprint density at radius 1 is 1.21 bits per heavy atom. The number of ether oxygens (including phenoxy) is 1. The lowest BCUT2D eigenvalue weighted by atomic mass is 10.0. The molecule has 0 spiro atoms. The Balaban J connectivity index is 1.35. The number of aromatic nitrogens is 4. The van der Waals surface area contributed by atoms with E-state index >= 15 is 0 Å². The number of rotatable bonds is 7. The number of aromatic carboxylic acids is 1. The van der Waals surface area contributed by atoms with E-state index < -0.39 is 11.5 Å². The minimum Gasteiger partial charge on any atom is -0.491 e. The van der Waals surface area contributed by atoms with Gasteiger partial charge in [-0.2, -0.15) is 5.26 Å². The quantitative estimate of drug-likeness (QED) is 0.271. The van der Waals surface area contributed by atoms with Crippen LogP contribution in [0.2, 0.25) is 5.02 Å². The molecular weight excluding hydrogens is 592 g/mol. The van der Waals surface area contributed by atoms with Gasteiger partial charge in [-0.25, -0.2) is 14.8 Å². The highest BCUT2D eigenvalue weighted by atomic mass is 35.5. The van der Waals surface area contributed by atoms with Crippen LogP contribution in [0.5, 0.6) is 5.75 Å². The molecule has 0 bridgehead atoms. The summed E-state index contributed by atoms with van der Waals surface area (Å²) in [6.45, 7) is 4.28. The number of aryl methyl sites for hydroxylation is 2. The Morgan fingerprint density at radius 3 is 2.74 bits per heavy atom. The van der Waals surface area contributed by atoms with Gasteiger partial charge in [0.05, 0.1) is 46.0 Å². The van der Waals surface area contributed by atoms with Gasteiger partial charge in [0.25, 0.3) is 5.56 Å². The molecule has 216 valence electrons. The van der Waals surface area contributed by atoms with E-state index in [9.17, 15) is 24.8 Å². The average molecular weight is 615 g/mol. The third kappa shape index (κ3) is 5.07. The minimum absolute atomic E-state index is 0.0491. The molecule has 1 saturated heterocycles. The van der Waals surface area contributed by atoms with Gasteiger partial charge < -0.3 is 14.7 Å². The molecule has 0 aliphatic carbocycles. The van der Waals surface area contributed by atoms with Crippen LogP contribution >= 0.6 is 22.9 Å². The molecule has 6 rings (SSSR count). The van der Waals surface area contributed by atoms with Crippen molar-refractivity contribution in [1.82, 2.24) is 19.5 Å². The number of ketones is 1. The van der Waals surface area contributed by atoms with Gasteiger partial charge in [-0.1, -0.05) is 11.6 Å². The smallest absolute Gasteiger partial charge is 0.338 e. The van der Waals surface area contributed by atoms with E-state index in [1.165, 1.54) is 22.1 Å². The maximum absolute atomic E-state index is 13.7. The van der Waals surface area contributed by atoms with E-state index in [0.717, 1.165) is 5.56 Å². The molecule has 0 unspecified atom stereocenters. The van der Waals surface area contributed by atoms with Crippen LogP contribution in [0.4, 0.5) is 5.82 Å². The molecule has 13 heteroatoms. The summed E-state index contributed by atoms with van der Waals surface area (Å²) in [5.41, 5.74) is 2.54. The van der Waals surface area contributed by atoms with Gasteiger partial charge in [-0.3, -0.25) is 19.1 Å². The molecule has 0 amide bonds. The van der Waals surface area contributed by atoms with Gasteiger partial charge in [0.1, 0.15) is 35.6 Å². The number of benzene rings is 1. The molecule has 1 aliphatic heterocycles. The molecule has 43 heavy (non-hydrogen) atoms. The predicted molar refractivity (Wildman–Crippen MR) is 162 cm³/mol. The van der Waals surface area contributed by atoms with Crippen LogP contribution in [0.3, 0.4) is 0 Å². The second kappa shape index (κ2) is 11.1. The zero-order valence-corrected chi connectivity index (χ0v) is 24.6. The fourth-order valence-corrected chi connectivity index (χ4v) is 6.49.